The first-order valence-electron chi connectivity index (χ1n) is 8.31. The van der Waals surface area contributed by atoms with Gasteiger partial charge in [0.1, 0.15) is 6.04 Å². The van der Waals surface area contributed by atoms with Gasteiger partial charge in [0.15, 0.2) is 0 Å². The van der Waals surface area contributed by atoms with Crippen LogP contribution in [0.3, 0.4) is 0 Å². The van der Waals surface area contributed by atoms with E-state index in [2.05, 4.69) is 11.1 Å². The molecule has 0 bridgehead atoms. The maximum atomic E-state index is 13.1. The van der Waals surface area contributed by atoms with Crippen LogP contribution in [-0.2, 0) is 0 Å². The normalized spacial score (nSPS) is 17.0. The summed E-state index contributed by atoms with van der Waals surface area (Å²) in [5.74, 6) is 0. The van der Waals surface area contributed by atoms with Crippen molar-refractivity contribution >= 4 is 28.2 Å². The number of amides is 2. The third-order valence-electron chi connectivity index (χ3n) is 4.62. The molecule has 0 saturated carbocycles. The number of carbonyl (C=O) groups excluding carboxylic acids is 1. The van der Waals surface area contributed by atoms with Crippen molar-refractivity contribution in [3.05, 3.63) is 66.5 Å². The lowest BCUT2D eigenvalue weighted by atomic mass is 10.1. The predicted octanol–water partition coefficient (Wildman–Crippen LogP) is 4.51. The van der Waals surface area contributed by atoms with Crippen molar-refractivity contribution in [1.29, 1.82) is 5.26 Å². The Morgan fingerprint density at radius 3 is 2.56 bits per heavy atom. The van der Waals surface area contributed by atoms with Crippen molar-refractivity contribution < 1.29 is 13.6 Å². The average molecular weight is 364 g/mol. The van der Waals surface area contributed by atoms with Gasteiger partial charge in [-0.05, 0) is 12.1 Å². The third-order valence-corrected chi connectivity index (χ3v) is 4.62. The largest absolute Gasteiger partial charge is 0.330 e. The second-order valence-corrected chi connectivity index (χ2v) is 6.18. The van der Waals surface area contributed by atoms with Crippen molar-refractivity contribution in [3.8, 4) is 6.07 Å². The highest BCUT2D eigenvalue weighted by atomic mass is 19.3. The first-order chi connectivity index (χ1) is 13.1. The van der Waals surface area contributed by atoms with Gasteiger partial charge in [0.2, 0.25) is 0 Å². The molecule has 134 valence electrons. The Labute approximate surface area is 154 Å². The second kappa shape index (κ2) is 6.65. The molecule has 2 heterocycles. The molecule has 5 nitrogen and oxygen atoms in total. The second-order valence-electron chi connectivity index (χ2n) is 6.18. The maximum absolute atomic E-state index is 13.1. The molecule has 1 aliphatic heterocycles. The fraction of sp³-hybridized carbons (Fsp3) is 0.150. The standard InChI is InChI=1S/C20H14F2N4O/c21-19(22)13-5-7-15(8-6-13)25-12-16(9-23)26(20(25)27)18-11-24-10-14-3-1-2-4-17(14)18/h1-8,10-11,16,19H,12H2/t16-/m0/s1. The SMILES string of the molecule is N#C[C@H]1CN(c2ccc(C(F)F)cc2)C(=O)N1c1cncc2ccccc12. The molecule has 2 amide bonds. The van der Waals surface area contributed by atoms with Gasteiger partial charge in [0, 0.05) is 28.2 Å². The van der Waals surface area contributed by atoms with Crippen molar-refractivity contribution in [3.63, 3.8) is 0 Å². The van der Waals surface area contributed by atoms with E-state index in [9.17, 15) is 18.8 Å². The van der Waals surface area contributed by atoms with E-state index in [0.29, 0.717) is 11.4 Å². The van der Waals surface area contributed by atoms with E-state index in [1.54, 1.807) is 12.4 Å². The molecule has 7 heteroatoms. The summed E-state index contributed by atoms with van der Waals surface area (Å²) in [5, 5.41) is 11.3. The number of pyridine rings is 1. The molecule has 4 rings (SSSR count). The number of rotatable bonds is 3. The summed E-state index contributed by atoms with van der Waals surface area (Å²) < 4.78 is 25.5. The summed E-state index contributed by atoms with van der Waals surface area (Å²) in [6.07, 6.45) is 0.689. The van der Waals surface area contributed by atoms with Crippen molar-refractivity contribution in [2.45, 2.75) is 12.5 Å². The Morgan fingerprint density at radius 2 is 1.85 bits per heavy atom. The zero-order chi connectivity index (χ0) is 19.0. The summed E-state index contributed by atoms with van der Waals surface area (Å²) in [7, 11) is 0. The third kappa shape index (κ3) is 2.85. The molecule has 1 aliphatic rings. The molecule has 3 aromatic rings. The van der Waals surface area contributed by atoms with Crippen molar-refractivity contribution in [2.75, 3.05) is 16.3 Å². The number of hydrogen-bond donors (Lipinski definition) is 0. The molecular weight excluding hydrogens is 350 g/mol. The molecule has 0 spiro atoms. The Bertz CT molecular complexity index is 1040. The van der Waals surface area contributed by atoms with E-state index >= 15 is 0 Å². The lowest BCUT2D eigenvalue weighted by Crippen LogP contribution is -2.34. The number of halogens is 2. The first-order valence-corrected chi connectivity index (χ1v) is 8.31. The van der Waals surface area contributed by atoms with Crippen LogP contribution in [0.2, 0.25) is 0 Å². The number of aromatic nitrogens is 1. The molecule has 1 saturated heterocycles. The Morgan fingerprint density at radius 1 is 1.11 bits per heavy atom. The quantitative estimate of drug-likeness (QED) is 0.687. The molecule has 1 fully saturated rings. The smallest absolute Gasteiger partial charge is 0.291 e. The molecule has 0 aliphatic carbocycles. The number of alkyl halides is 2. The lowest BCUT2D eigenvalue weighted by molar-refractivity contribution is 0.151. The highest BCUT2D eigenvalue weighted by molar-refractivity contribution is 6.11. The van der Waals surface area contributed by atoms with Gasteiger partial charge in [-0.3, -0.25) is 14.8 Å². The van der Waals surface area contributed by atoms with Gasteiger partial charge in [-0.15, -0.1) is 0 Å². The zero-order valence-electron chi connectivity index (χ0n) is 14.1. The van der Waals surface area contributed by atoms with Gasteiger partial charge in [-0.25, -0.2) is 13.6 Å². The summed E-state index contributed by atoms with van der Waals surface area (Å²) in [6.45, 7) is 0.145. The Hall–Kier alpha value is -3.53. The Balaban J connectivity index is 1.74. The molecule has 0 N–H and O–H groups in total. The van der Waals surface area contributed by atoms with Crippen LogP contribution in [0.4, 0.5) is 25.0 Å². The molecular formula is C20H14F2N4O. The topological polar surface area (TPSA) is 60.2 Å². The van der Waals surface area contributed by atoms with Gasteiger partial charge in [-0.2, -0.15) is 5.26 Å². The number of carbonyl (C=O) groups is 1. The van der Waals surface area contributed by atoms with Crippen LogP contribution < -0.4 is 9.80 Å². The summed E-state index contributed by atoms with van der Waals surface area (Å²) in [5.41, 5.74) is 0.911. The predicted molar refractivity (Wildman–Crippen MR) is 97.8 cm³/mol. The molecule has 0 radical (unpaired) electrons. The van der Waals surface area contributed by atoms with E-state index in [0.717, 1.165) is 10.8 Å². The zero-order valence-corrected chi connectivity index (χ0v) is 14.1. The number of hydrogen-bond acceptors (Lipinski definition) is 3. The summed E-state index contributed by atoms with van der Waals surface area (Å²) in [4.78, 5) is 20.1. The number of nitriles is 1. The maximum Gasteiger partial charge on any atom is 0.330 e. The van der Waals surface area contributed by atoms with Crippen LogP contribution in [0.15, 0.2) is 60.9 Å². The highest BCUT2D eigenvalue weighted by Crippen LogP contribution is 2.33. The van der Waals surface area contributed by atoms with E-state index in [4.69, 9.17) is 0 Å². The number of anilines is 2. The van der Waals surface area contributed by atoms with Crippen molar-refractivity contribution in [2.24, 2.45) is 0 Å². The van der Waals surface area contributed by atoms with Crippen LogP contribution in [0, 0.1) is 11.3 Å². The van der Waals surface area contributed by atoms with Gasteiger partial charge in [0.25, 0.3) is 6.43 Å². The molecule has 1 atom stereocenters. The molecule has 2 aromatic carbocycles. The van der Waals surface area contributed by atoms with Crippen LogP contribution >= 0.6 is 0 Å². The highest BCUT2D eigenvalue weighted by Gasteiger charge is 2.40. The minimum absolute atomic E-state index is 0.114. The van der Waals surface area contributed by atoms with E-state index in [1.807, 2.05) is 24.3 Å². The summed E-state index contributed by atoms with van der Waals surface area (Å²) >= 11 is 0. The molecule has 1 aromatic heterocycles. The van der Waals surface area contributed by atoms with Crippen LogP contribution in [-0.4, -0.2) is 23.6 Å². The van der Waals surface area contributed by atoms with E-state index < -0.39 is 12.5 Å². The number of benzene rings is 2. The van der Waals surface area contributed by atoms with Crippen LogP contribution in [0.5, 0.6) is 0 Å². The van der Waals surface area contributed by atoms with Gasteiger partial charge >= 0.3 is 6.03 Å². The number of nitrogens with zero attached hydrogens (tertiary/aromatic N) is 4. The van der Waals surface area contributed by atoms with Crippen LogP contribution in [0.1, 0.15) is 12.0 Å². The fourth-order valence-corrected chi connectivity index (χ4v) is 3.27. The minimum Gasteiger partial charge on any atom is -0.291 e. The Kier molecular flexibility index (Phi) is 4.16. The summed E-state index contributed by atoms with van der Waals surface area (Å²) in [6, 6.07) is 14.1. The van der Waals surface area contributed by atoms with Gasteiger partial charge in [-0.1, -0.05) is 36.4 Å². The van der Waals surface area contributed by atoms with Crippen LogP contribution in [0.25, 0.3) is 10.8 Å². The van der Waals surface area contributed by atoms with Gasteiger partial charge in [0.05, 0.1) is 24.5 Å². The van der Waals surface area contributed by atoms with E-state index in [1.165, 1.54) is 34.1 Å². The molecule has 0 unspecified atom stereocenters. The minimum atomic E-state index is -2.57. The lowest BCUT2D eigenvalue weighted by Gasteiger charge is -2.21. The fourth-order valence-electron chi connectivity index (χ4n) is 3.27. The number of fused-ring (bicyclic) bond motifs is 1. The van der Waals surface area contributed by atoms with Gasteiger partial charge < -0.3 is 0 Å². The first kappa shape index (κ1) is 16.9. The average Bonchev–Trinajstić information content (AvgIpc) is 3.03. The van der Waals surface area contributed by atoms with Crippen molar-refractivity contribution in [1.82, 2.24) is 4.98 Å². The monoisotopic (exact) mass is 364 g/mol. The van der Waals surface area contributed by atoms with E-state index in [-0.39, 0.29) is 18.1 Å². The number of urea groups is 1. The molecule has 27 heavy (non-hydrogen) atoms.